The Morgan fingerprint density at radius 2 is 1.88 bits per heavy atom. The predicted molar refractivity (Wildman–Crippen MR) is 63.0 cm³/mol. The van der Waals surface area contributed by atoms with E-state index in [4.69, 9.17) is 0 Å². The summed E-state index contributed by atoms with van der Waals surface area (Å²) in [5.74, 6) is -0.574. The van der Waals surface area contributed by atoms with Crippen molar-refractivity contribution < 1.29 is 9.59 Å². The van der Waals surface area contributed by atoms with Gasteiger partial charge in [-0.05, 0) is 24.0 Å². The number of hydrogen-bond acceptors (Lipinski definition) is 2. The molecule has 0 radical (unpaired) electrons. The number of carbonyl (C=O) groups is 2. The maximum Gasteiger partial charge on any atom is 0.284 e. The maximum absolute atomic E-state index is 10.7. The molecule has 0 aromatic heterocycles. The lowest BCUT2D eigenvalue weighted by molar-refractivity contribution is -0.131. The average molecular weight is 219 g/mol. The van der Waals surface area contributed by atoms with Gasteiger partial charge in [0.2, 0.25) is 6.29 Å². The summed E-state index contributed by atoms with van der Waals surface area (Å²) in [6, 6.07) is 8.10. The van der Waals surface area contributed by atoms with Crippen LogP contribution in [0.15, 0.2) is 24.3 Å². The van der Waals surface area contributed by atoms with E-state index in [2.05, 4.69) is 24.4 Å². The van der Waals surface area contributed by atoms with Crippen LogP contribution in [0.4, 0.5) is 0 Å². The van der Waals surface area contributed by atoms with Gasteiger partial charge in [0.25, 0.3) is 5.91 Å². The molecule has 0 aliphatic heterocycles. The normalized spacial score (nSPS) is 9.81. The van der Waals surface area contributed by atoms with Gasteiger partial charge in [-0.3, -0.25) is 9.59 Å². The van der Waals surface area contributed by atoms with Gasteiger partial charge in [-0.2, -0.15) is 0 Å². The van der Waals surface area contributed by atoms with Gasteiger partial charge < -0.3 is 5.32 Å². The van der Waals surface area contributed by atoms with Crippen molar-refractivity contribution in [2.75, 3.05) is 0 Å². The summed E-state index contributed by atoms with van der Waals surface area (Å²) in [5.41, 5.74) is 2.32. The standard InChI is InChI=1S/C13H17NO2/c1-2-3-4-11-5-7-12(8-6-11)9-14-13(16)10-15/h5-8,10H,2-4,9H2,1H3,(H,14,16). The Labute approximate surface area is 95.9 Å². The summed E-state index contributed by atoms with van der Waals surface area (Å²) < 4.78 is 0. The van der Waals surface area contributed by atoms with Crippen molar-refractivity contribution in [2.45, 2.75) is 32.7 Å². The summed E-state index contributed by atoms with van der Waals surface area (Å²) in [6.45, 7) is 2.58. The summed E-state index contributed by atoms with van der Waals surface area (Å²) in [7, 11) is 0. The van der Waals surface area contributed by atoms with E-state index in [1.165, 1.54) is 18.4 Å². The van der Waals surface area contributed by atoms with Gasteiger partial charge >= 0.3 is 0 Å². The van der Waals surface area contributed by atoms with Crippen LogP contribution in [0, 0.1) is 0 Å². The third-order valence-electron chi connectivity index (χ3n) is 2.42. The zero-order valence-electron chi connectivity index (χ0n) is 9.53. The number of amides is 1. The monoisotopic (exact) mass is 219 g/mol. The smallest absolute Gasteiger partial charge is 0.284 e. The molecule has 16 heavy (non-hydrogen) atoms. The SMILES string of the molecule is CCCCc1ccc(CNC(=O)C=O)cc1. The fourth-order valence-corrected chi connectivity index (χ4v) is 1.44. The second kappa shape index (κ2) is 6.77. The number of aldehydes is 1. The van der Waals surface area contributed by atoms with E-state index >= 15 is 0 Å². The number of hydrogen-bond donors (Lipinski definition) is 1. The highest BCUT2D eigenvalue weighted by atomic mass is 16.2. The van der Waals surface area contributed by atoms with Crippen molar-refractivity contribution in [3.05, 3.63) is 35.4 Å². The first kappa shape index (κ1) is 12.4. The number of aryl methyl sites for hydroxylation is 1. The van der Waals surface area contributed by atoms with Crippen molar-refractivity contribution in [3.63, 3.8) is 0 Å². The Balaban J connectivity index is 2.44. The van der Waals surface area contributed by atoms with Crippen molar-refractivity contribution >= 4 is 12.2 Å². The van der Waals surface area contributed by atoms with Crippen LogP contribution in [0.3, 0.4) is 0 Å². The molecule has 1 aromatic rings. The molecule has 0 fully saturated rings. The first-order chi connectivity index (χ1) is 7.76. The summed E-state index contributed by atoms with van der Waals surface area (Å²) in [5, 5.41) is 2.50. The molecular weight excluding hydrogens is 202 g/mol. The zero-order chi connectivity index (χ0) is 11.8. The molecule has 0 aliphatic carbocycles. The molecule has 3 heteroatoms. The van der Waals surface area contributed by atoms with E-state index in [0.29, 0.717) is 6.54 Å². The van der Waals surface area contributed by atoms with Gasteiger partial charge in [0.15, 0.2) is 0 Å². The molecule has 1 N–H and O–H groups in total. The number of rotatable bonds is 6. The van der Waals surface area contributed by atoms with E-state index in [1.807, 2.05) is 12.1 Å². The minimum Gasteiger partial charge on any atom is -0.346 e. The molecule has 3 nitrogen and oxygen atoms in total. The molecular formula is C13H17NO2. The topological polar surface area (TPSA) is 46.2 Å². The van der Waals surface area contributed by atoms with E-state index in [0.717, 1.165) is 12.0 Å². The first-order valence-corrected chi connectivity index (χ1v) is 5.57. The van der Waals surface area contributed by atoms with Crippen molar-refractivity contribution in [1.29, 1.82) is 0 Å². The van der Waals surface area contributed by atoms with Crippen molar-refractivity contribution in [1.82, 2.24) is 5.32 Å². The Morgan fingerprint density at radius 1 is 1.25 bits per heavy atom. The minimum atomic E-state index is -0.574. The second-order valence-electron chi connectivity index (χ2n) is 3.76. The molecule has 86 valence electrons. The van der Waals surface area contributed by atoms with Crippen LogP contribution < -0.4 is 5.32 Å². The highest BCUT2D eigenvalue weighted by Gasteiger charge is 1.98. The lowest BCUT2D eigenvalue weighted by Gasteiger charge is -2.04. The predicted octanol–water partition coefficient (Wildman–Crippen LogP) is 1.84. The maximum atomic E-state index is 10.7. The van der Waals surface area contributed by atoms with Gasteiger partial charge in [-0.25, -0.2) is 0 Å². The minimum absolute atomic E-state index is 0.287. The Hall–Kier alpha value is -1.64. The lowest BCUT2D eigenvalue weighted by atomic mass is 10.1. The fourth-order valence-electron chi connectivity index (χ4n) is 1.44. The number of nitrogens with one attached hydrogen (secondary N) is 1. The van der Waals surface area contributed by atoms with E-state index in [-0.39, 0.29) is 6.29 Å². The molecule has 0 heterocycles. The molecule has 0 spiro atoms. The van der Waals surface area contributed by atoms with Gasteiger partial charge in [0.05, 0.1) is 0 Å². The van der Waals surface area contributed by atoms with Crippen LogP contribution in [-0.2, 0) is 22.6 Å². The largest absolute Gasteiger partial charge is 0.346 e. The summed E-state index contributed by atoms with van der Waals surface area (Å²) in [4.78, 5) is 20.8. The van der Waals surface area contributed by atoms with Crippen LogP contribution in [0.2, 0.25) is 0 Å². The van der Waals surface area contributed by atoms with Crippen LogP contribution in [0.1, 0.15) is 30.9 Å². The number of carbonyl (C=O) groups excluding carboxylic acids is 2. The van der Waals surface area contributed by atoms with Crippen LogP contribution in [-0.4, -0.2) is 12.2 Å². The quantitative estimate of drug-likeness (QED) is 0.586. The van der Waals surface area contributed by atoms with E-state index < -0.39 is 5.91 Å². The molecule has 0 unspecified atom stereocenters. The summed E-state index contributed by atoms with van der Waals surface area (Å²) in [6.07, 6.45) is 3.77. The number of unbranched alkanes of at least 4 members (excludes halogenated alkanes) is 1. The van der Waals surface area contributed by atoms with Gasteiger partial charge in [0, 0.05) is 6.54 Å². The number of benzene rings is 1. The molecule has 0 saturated carbocycles. The highest BCUT2D eigenvalue weighted by Crippen LogP contribution is 2.07. The first-order valence-electron chi connectivity index (χ1n) is 5.57. The molecule has 1 aromatic carbocycles. The third-order valence-corrected chi connectivity index (χ3v) is 2.42. The molecule has 0 aliphatic rings. The average Bonchev–Trinajstić information content (AvgIpc) is 2.34. The Bertz CT molecular complexity index is 343. The van der Waals surface area contributed by atoms with Gasteiger partial charge in [-0.1, -0.05) is 37.6 Å². The fraction of sp³-hybridized carbons (Fsp3) is 0.385. The second-order valence-corrected chi connectivity index (χ2v) is 3.76. The molecule has 0 saturated heterocycles. The Kier molecular flexibility index (Phi) is 5.26. The van der Waals surface area contributed by atoms with Crippen molar-refractivity contribution in [2.24, 2.45) is 0 Å². The van der Waals surface area contributed by atoms with Gasteiger partial charge in [0.1, 0.15) is 0 Å². The van der Waals surface area contributed by atoms with Crippen LogP contribution in [0.25, 0.3) is 0 Å². The van der Waals surface area contributed by atoms with E-state index in [9.17, 15) is 9.59 Å². The third kappa shape index (κ3) is 4.26. The molecule has 1 amide bonds. The van der Waals surface area contributed by atoms with E-state index in [1.54, 1.807) is 0 Å². The van der Waals surface area contributed by atoms with Crippen molar-refractivity contribution in [3.8, 4) is 0 Å². The summed E-state index contributed by atoms with van der Waals surface area (Å²) >= 11 is 0. The van der Waals surface area contributed by atoms with Crippen LogP contribution >= 0.6 is 0 Å². The molecule has 0 bridgehead atoms. The molecule has 0 atom stereocenters. The molecule has 1 rings (SSSR count). The van der Waals surface area contributed by atoms with Gasteiger partial charge in [-0.15, -0.1) is 0 Å². The lowest BCUT2D eigenvalue weighted by Crippen LogP contribution is -2.23. The zero-order valence-corrected chi connectivity index (χ0v) is 9.53. The Morgan fingerprint density at radius 3 is 2.44 bits per heavy atom. The van der Waals surface area contributed by atoms with Crippen LogP contribution in [0.5, 0.6) is 0 Å². The highest BCUT2D eigenvalue weighted by molar-refractivity contribution is 6.23.